The molecule has 6 heteroatoms. The largest absolute Gasteiger partial charge is 1.00 e. The zero-order chi connectivity index (χ0) is 5.91. The van der Waals surface area contributed by atoms with E-state index in [1.54, 1.807) is 0 Å². The first-order valence-electron chi connectivity index (χ1n) is 1.65. The molecule has 0 aromatic carbocycles. The van der Waals surface area contributed by atoms with Gasteiger partial charge in [0.25, 0.3) is 0 Å². The molecule has 0 rings (SSSR count). The van der Waals surface area contributed by atoms with Crippen LogP contribution in [-0.4, -0.2) is 16.4 Å². The first kappa shape index (κ1) is 12.3. The predicted molar refractivity (Wildman–Crippen MR) is 28.5 cm³/mol. The fourth-order valence-corrected chi connectivity index (χ4v) is 1.66. The molecular formula is C2H5BrNaO3P. The van der Waals surface area contributed by atoms with Crippen LogP contribution in [-0.2, 0) is 4.57 Å². The normalized spacial score (nSPS) is 16.4. The molecule has 1 atom stereocenters. The molecule has 0 saturated heterocycles. The standard InChI is InChI=1S/C2H6BrO3P.Na/c3-1-2-7(4,5)6;/h1-2H2,(H2,4,5,6);/q;+1/p-1. The van der Waals surface area contributed by atoms with Crippen molar-refractivity contribution in [3.05, 3.63) is 0 Å². The fourth-order valence-electron chi connectivity index (χ4n) is 0.107. The minimum atomic E-state index is -3.96. The van der Waals surface area contributed by atoms with Crippen LogP contribution in [0.1, 0.15) is 0 Å². The van der Waals surface area contributed by atoms with Crippen molar-refractivity contribution in [1.29, 1.82) is 0 Å². The number of alkyl halides is 1. The van der Waals surface area contributed by atoms with Gasteiger partial charge in [-0.1, -0.05) is 15.9 Å². The molecule has 1 unspecified atom stereocenters. The topological polar surface area (TPSA) is 60.4 Å². The van der Waals surface area contributed by atoms with Crippen LogP contribution in [0, 0.1) is 0 Å². The Morgan fingerprint density at radius 3 is 2.12 bits per heavy atom. The fraction of sp³-hybridized carbons (Fsp3) is 1.00. The van der Waals surface area contributed by atoms with E-state index in [1.807, 2.05) is 0 Å². The zero-order valence-electron chi connectivity index (χ0n) is 4.50. The minimum Gasteiger partial charge on any atom is -0.779 e. The first-order chi connectivity index (χ1) is 3.06. The average molecular weight is 211 g/mol. The summed E-state index contributed by atoms with van der Waals surface area (Å²) in [5.41, 5.74) is 0. The van der Waals surface area contributed by atoms with Crippen LogP contribution in [0.15, 0.2) is 0 Å². The summed E-state index contributed by atoms with van der Waals surface area (Å²) in [6.45, 7) is 0. The van der Waals surface area contributed by atoms with Gasteiger partial charge in [-0.3, -0.25) is 0 Å². The van der Waals surface area contributed by atoms with Crippen LogP contribution in [0.25, 0.3) is 0 Å². The number of hydrogen-bond acceptors (Lipinski definition) is 2. The molecule has 8 heavy (non-hydrogen) atoms. The van der Waals surface area contributed by atoms with Gasteiger partial charge in [-0.05, 0) is 0 Å². The van der Waals surface area contributed by atoms with Gasteiger partial charge < -0.3 is 14.4 Å². The summed E-state index contributed by atoms with van der Waals surface area (Å²) in [4.78, 5) is 17.8. The molecule has 1 N–H and O–H groups in total. The van der Waals surface area contributed by atoms with Crippen LogP contribution in [0.4, 0.5) is 0 Å². The smallest absolute Gasteiger partial charge is 0.779 e. The van der Waals surface area contributed by atoms with Gasteiger partial charge in [-0.25, -0.2) is 0 Å². The molecule has 0 aliphatic rings. The van der Waals surface area contributed by atoms with Gasteiger partial charge in [0.05, 0.1) is 0 Å². The van der Waals surface area contributed by atoms with Gasteiger partial charge in [0.1, 0.15) is 7.60 Å². The van der Waals surface area contributed by atoms with Crippen molar-refractivity contribution in [3.63, 3.8) is 0 Å². The van der Waals surface area contributed by atoms with E-state index in [-0.39, 0.29) is 35.7 Å². The minimum absolute atomic E-state index is 0. The van der Waals surface area contributed by atoms with Gasteiger partial charge in [0, 0.05) is 11.5 Å². The Kier molecular flexibility index (Phi) is 8.34. The van der Waals surface area contributed by atoms with E-state index in [2.05, 4.69) is 15.9 Å². The monoisotopic (exact) mass is 210 g/mol. The van der Waals surface area contributed by atoms with Crippen molar-refractivity contribution >= 4 is 23.5 Å². The van der Waals surface area contributed by atoms with Crippen molar-refractivity contribution in [2.24, 2.45) is 0 Å². The molecule has 0 aromatic rings. The second-order valence-corrected chi connectivity index (χ2v) is 3.57. The second-order valence-electron chi connectivity index (χ2n) is 1.05. The Hall–Kier alpha value is 1.63. The molecule has 0 saturated carbocycles. The molecular weight excluding hydrogens is 206 g/mol. The molecule has 0 amide bonds. The van der Waals surface area contributed by atoms with Gasteiger partial charge in [0.15, 0.2) is 0 Å². The van der Waals surface area contributed by atoms with E-state index in [0.717, 1.165) is 0 Å². The molecule has 0 heterocycles. The summed E-state index contributed by atoms with van der Waals surface area (Å²) >= 11 is 2.85. The molecule has 44 valence electrons. The maximum absolute atomic E-state index is 9.78. The van der Waals surface area contributed by atoms with Gasteiger partial charge in [-0.15, -0.1) is 0 Å². The Labute approximate surface area is 78.4 Å². The van der Waals surface area contributed by atoms with Crippen LogP contribution < -0.4 is 34.5 Å². The third kappa shape index (κ3) is 10.6. The molecule has 0 aliphatic carbocycles. The third-order valence-corrected chi connectivity index (χ3v) is 2.17. The molecule has 0 aliphatic heterocycles. The number of rotatable bonds is 2. The van der Waals surface area contributed by atoms with Crippen LogP contribution in [0.3, 0.4) is 0 Å². The van der Waals surface area contributed by atoms with E-state index < -0.39 is 7.60 Å². The summed E-state index contributed by atoms with van der Waals surface area (Å²) in [5, 5.41) is 0.296. The van der Waals surface area contributed by atoms with Gasteiger partial charge in [0.2, 0.25) is 0 Å². The summed E-state index contributed by atoms with van der Waals surface area (Å²) < 4.78 is 9.78. The van der Waals surface area contributed by atoms with Crippen LogP contribution in [0.5, 0.6) is 0 Å². The van der Waals surface area contributed by atoms with Crippen molar-refractivity contribution in [1.82, 2.24) is 0 Å². The summed E-state index contributed by atoms with van der Waals surface area (Å²) in [6, 6.07) is 0. The molecule has 0 fully saturated rings. The van der Waals surface area contributed by atoms with Crippen molar-refractivity contribution in [2.45, 2.75) is 0 Å². The average Bonchev–Trinajstić information content (AvgIpc) is 1.30. The van der Waals surface area contributed by atoms with Crippen molar-refractivity contribution in [2.75, 3.05) is 11.5 Å². The van der Waals surface area contributed by atoms with Crippen LogP contribution in [0.2, 0.25) is 0 Å². The molecule has 0 aromatic heterocycles. The SMILES string of the molecule is O=P([O-])(O)CCBr.[Na+]. The van der Waals surface area contributed by atoms with Crippen molar-refractivity contribution in [3.8, 4) is 0 Å². The quantitative estimate of drug-likeness (QED) is 0.299. The first-order valence-corrected chi connectivity index (χ1v) is 4.53. The van der Waals surface area contributed by atoms with Crippen molar-refractivity contribution < 1.29 is 43.9 Å². The van der Waals surface area contributed by atoms with E-state index in [0.29, 0.717) is 5.33 Å². The third-order valence-electron chi connectivity index (χ3n) is 0.367. The molecule has 0 spiro atoms. The molecule has 0 bridgehead atoms. The van der Waals surface area contributed by atoms with E-state index in [4.69, 9.17) is 4.89 Å². The number of hydrogen-bond donors (Lipinski definition) is 1. The predicted octanol–water partition coefficient (Wildman–Crippen LogP) is -3.07. The van der Waals surface area contributed by atoms with Gasteiger partial charge in [-0.2, -0.15) is 0 Å². The Balaban J connectivity index is 0. The van der Waals surface area contributed by atoms with E-state index in [9.17, 15) is 9.46 Å². The van der Waals surface area contributed by atoms with E-state index in [1.165, 1.54) is 0 Å². The molecule has 0 radical (unpaired) electrons. The maximum atomic E-state index is 9.78. The summed E-state index contributed by atoms with van der Waals surface area (Å²) in [6.07, 6.45) is -0.188. The maximum Gasteiger partial charge on any atom is 1.00 e. The Morgan fingerprint density at radius 1 is 1.75 bits per heavy atom. The summed E-state index contributed by atoms with van der Waals surface area (Å²) in [5.74, 6) is 0. The Bertz CT molecular complexity index is 91.3. The second kappa shape index (κ2) is 5.42. The molecule has 3 nitrogen and oxygen atoms in total. The summed E-state index contributed by atoms with van der Waals surface area (Å²) in [7, 11) is -3.96. The van der Waals surface area contributed by atoms with E-state index >= 15 is 0 Å². The number of halogens is 1. The zero-order valence-corrected chi connectivity index (χ0v) is 8.98. The Morgan fingerprint density at radius 2 is 2.12 bits per heavy atom. The van der Waals surface area contributed by atoms with Crippen LogP contribution >= 0.6 is 23.5 Å². The van der Waals surface area contributed by atoms with Gasteiger partial charge >= 0.3 is 29.6 Å².